The van der Waals surface area contributed by atoms with Crippen LogP contribution in [0.1, 0.15) is 41.6 Å². The topological polar surface area (TPSA) is 59.8 Å². The number of carbonyl (C=O) groups excluding carboxylic acids is 1. The molecule has 0 saturated carbocycles. The molecule has 3 rings (SSSR count). The molecule has 0 bridgehead atoms. The normalized spacial score (nSPS) is 12.2. The Morgan fingerprint density at radius 3 is 2.43 bits per heavy atom. The van der Waals surface area contributed by atoms with E-state index in [-0.39, 0.29) is 23.7 Å². The number of amides is 1. The lowest BCUT2D eigenvalue weighted by Gasteiger charge is -2.21. The molecule has 1 N–H and O–H groups in total. The van der Waals surface area contributed by atoms with E-state index < -0.39 is 0 Å². The smallest absolute Gasteiger partial charge is 0.251 e. The second kappa shape index (κ2) is 9.01. The molecule has 28 heavy (non-hydrogen) atoms. The highest BCUT2D eigenvalue weighted by Crippen LogP contribution is 2.26. The number of aromatic nitrogens is 3. The molecule has 0 radical (unpaired) electrons. The highest BCUT2D eigenvalue weighted by molar-refractivity contribution is 7.98. The Morgan fingerprint density at radius 1 is 1.11 bits per heavy atom. The summed E-state index contributed by atoms with van der Waals surface area (Å²) in [6, 6.07) is 15.3. The van der Waals surface area contributed by atoms with Gasteiger partial charge in [0.15, 0.2) is 11.0 Å². The Bertz CT molecular complexity index is 925. The van der Waals surface area contributed by atoms with Crippen LogP contribution in [-0.2, 0) is 12.8 Å². The van der Waals surface area contributed by atoms with Crippen molar-refractivity contribution in [3.63, 3.8) is 0 Å². The summed E-state index contributed by atoms with van der Waals surface area (Å²) in [5.74, 6) is 1.13. The van der Waals surface area contributed by atoms with Crippen LogP contribution in [-0.4, -0.2) is 20.7 Å². The largest absolute Gasteiger partial charge is 0.342 e. The molecule has 2 aromatic carbocycles. The predicted octanol–water partition coefficient (Wildman–Crippen LogP) is 4.37. The second-order valence-electron chi connectivity index (χ2n) is 6.88. The maximum absolute atomic E-state index is 13.0. The molecule has 5 nitrogen and oxygen atoms in total. The van der Waals surface area contributed by atoms with Crippen molar-refractivity contribution in [2.24, 2.45) is 13.0 Å². The van der Waals surface area contributed by atoms with Gasteiger partial charge in [-0.2, -0.15) is 0 Å². The highest BCUT2D eigenvalue weighted by Gasteiger charge is 2.25. The molecule has 0 saturated heterocycles. The van der Waals surface area contributed by atoms with Gasteiger partial charge in [-0.3, -0.25) is 4.79 Å². The molecule has 0 spiro atoms. The van der Waals surface area contributed by atoms with Crippen molar-refractivity contribution in [2.45, 2.75) is 30.8 Å². The Hall–Kier alpha value is -2.67. The lowest BCUT2D eigenvalue weighted by Crippen LogP contribution is -2.33. The van der Waals surface area contributed by atoms with E-state index in [0.717, 1.165) is 10.7 Å². The first-order valence-corrected chi connectivity index (χ1v) is 10.1. The van der Waals surface area contributed by atoms with Gasteiger partial charge in [-0.15, -0.1) is 10.2 Å². The molecule has 7 heteroatoms. The van der Waals surface area contributed by atoms with Gasteiger partial charge in [0.25, 0.3) is 5.91 Å². The first kappa shape index (κ1) is 20.1. The van der Waals surface area contributed by atoms with Gasteiger partial charge in [-0.05, 0) is 35.7 Å². The van der Waals surface area contributed by atoms with Crippen molar-refractivity contribution in [3.8, 4) is 0 Å². The summed E-state index contributed by atoms with van der Waals surface area (Å²) in [4.78, 5) is 12.6. The van der Waals surface area contributed by atoms with Gasteiger partial charge < -0.3 is 9.88 Å². The van der Waals surface area contributed by atoms with Gasteiger partial charge in [0.1, 0.15) is 5.82 Å². The third-order valence-electron chi connectivity index (χ3n) is 4.42. The van der Waals surface area contributed by atoms with Crippen molar-refractivity contribution >= 4 is 17.7 Å². The van der Waals surface area contributed by atoms with Crippen molar-refractivity contribution in [2.75, 3.05) is 0 Å². The van der Waals surface area contributed by atoms with Crippen molar-refractivity contribution < 1.29 is 9.18 Å². The second-order valence-corrected chi connectivity index (χ2v) is 7.82. The molecule has 3 aromatic rings. The Balaban J connectivity index is 1.73. The third-order valence-corrected chi connectivity index (χ3v) is 5.51. The predicted molar refractivity (Wildman–Crippen MR) is 108 cm³/mol. The molecule has 0 aliphatic carbocycles. The number of halogens is 1. The summed E-state index contributed by atoms with van der Waals surface area (Å²) >= 11 is 1.53. The zero-order valence-corrected chi connectivity index (χ0v) is 16.9. The van der Waals surface area contributed by atoms with Crippen LogP contribution in [0, 0.1) is 11.7 Å². The maximum atomic E-state index is 13.0. The van der Waals surface area contributed by atoms with Gasteiger partial charge in [-0.25, -0.2) is 4.39 Å². The van der Waals surface area contributed by atoms with Crippen LogP contribution in [0.4, 0.5) is 4.39 Å². The van der Waals surface area contributed by atoms with Crippen LogP contribution in [0.3, 0.4) is 0 Å². The molecule has 1 heterocycles. The number of benzene rings is 2. The molecule has 0 fully saturated rings. The van der Waals surface area contributed by atoms with Crippen LogP contribution < -0.4 is 5.32 Å². The zero-order valence-electron chi connectivity index (χ0n) is 16.1. The molecule has 1 amide bonds. The lowest BCUT2D eigenvalue weighted by atomic mass is 10.0. The van der Waals surface area contributed by atoms with Crippen molar-refractivity contribution in [1.29, 1.82) is 0 Å². The average Bonchev–Trinajstić information content (AvgIpc) is 3.06. The minimum atomic E-state index is -0.259. The van der Waals surface area contributed by atoms with E-state index in [4.69, 9.17) is 0 Å². The van der Waals surface area contributed by atoms with Gasteiger partial charge >= 0.3 is 0 Å². The molecule has 1 atom stereocenters. The fraction of sp³-hybridized carbons (Fsp3) is 0.286. The van der Waals surface area contributed by atoms with Crippen LogP contribution in [0.2, 0.25) is 0 Å². The van der Waals surface area contributed by atoms with Gasteiger partial charge in [-0.1, -0.05) is 55.9 Å². The standard InChI is InChI=1S/C21H23FN4OS/c1-14(2)18(23-20(27)16-7-5-4-6-8-16)19-24-25-21(26(19)3)28-13-15-9-11-17(22)12-10-15/h4-12,14,18H,13H2,1-3H3,(H,23,27)/t18-/m0/s1. The molecular weight excluding hydrogens is 375 g/mol. The Kier molecular flexibility index (Phi) is 6.46. The molecule has 1 aromatic heterocycles. The summed E-state index contributed by atoms with van der Waals surface area (Å²) in [7, 11) is 1.90. The van der Waals surface area contributed by atoms with Crippen LogP contribution in [0.25, 0.3) is 0 Å². The van der Waals surface area contributed by atoms with Gasteiger partial charge in [0.2, 0.25) is 0 Å². The first-order valence-electron chi connectivity index (χ1n) is 9.08. The van der Waals surface area contributed by atoms with Crippen LogP contribution >= 0.6 is 11.8 Å². The van der Waals surface area contributed by atoms with E-state index in [1.165, 1.54) is 23.9 Å². The van der Waals surface area contributed by atoms with E-state index in [0.29, 0.717) is 17.1 Å². The van der Waals surface area contributed by atoms with Crippen LogP contribution in [0.15, 0.2) is 59.8 Å². The fourth-order valence-corrected chi connectivity index (χ4v) is 3.67. The molecule has 146 valence electrons. The monoisotopic (exact) mass is 398 g/mol. The lowest BCUT2D eigenvalue weighted by molar-refractivity contribution is 0.0922. The van der Waals surface area contributed by atoms with Crippen molar-refractivity contribution in [1.82, 2.24) is 20.1 Å². The summed E-state index contributed by atoms with van der Waals surface area (Å²) in [5.41, 5.74) is 1.62. The number of nitrogens with one attached hydrogen (secondary N) is 1. The number of nitrogens with zero attached hydrogens (tertiary/aromatic N) is 3. The summed E-state index contributed by atoms with van der Waals surface area (Å²) < 4.78 is 14.9. The highest BCUT2D eigenvalue weighted by atomic mass is 32.2. The van der Waals surface area contributed by atoms with Gasteiger partial charge in [0, 0.05) is 18.4 Å². The number of hydrogen-bond donors (Lipinski definition) is 1. The molecule has 0 unspecified atom stereocenters. The summed E-state index contributed by atoms with van der Waals surface area (Å²) in [5, 5.41) is 12.4. The zero-order chi connectivity index (χ0) is 20.1. The number of rotatable bonds is 7. The summed E-state index contributed by atoms with van der Waals surface area (Å²) in [6.07, 6.45) is 0. The van der Waals surface area contributed by atoms with Crippen molar-refractivity contribution in [3.05, 3.63) is 77.4 Å². The quantitative estimate of drug-likeness (QED) is 0.600. The fourth-order valence-electron chi connectivity index (χ4n) is 2.79. The number of hydrogen-bond acceptors (Lipinski definition) is 4. The van der Waals surface area contributed by atoms with E-state index >= 15 is 0 Å². The van der Waals surface area contributed by atoms with E-state index in [2.05, 4.69) is 15.5 Å². The molecular formula is C21H23FN4OS. The molecule has 0 aliphatic rings. The average molecular weight is 399 g/mol. The van der Waals surface area contributed by atoms with E-state index in [1.807, 2.05) is 43.7 Å². The van der Waals surface area contributed by atoms with E-state index in [1.54, 1.807) is 24.3 Å². The third kappa shape index (κ3) is 4.78. The SMILES string of the molecule is CC(C)[C@H](NC(=O)c1ccccc1)c1nnc(SCc2ccc(F)cc2)n1C. The van der Waals surface area contributed by atoms with E-state index in [9.17, 15) is 9.18 Å². The van der Waals surface area contributed by atoms with Gasteiger partial charge in [0.05, 0.1) is 6.04 Å². The Labute approximate surface area is 168 Å². The number of thioether (sulfide) groups is 1. The number of carbonyl (C=O) groups is 1. The minimum Gasteiger partial charge on any atom is -0.342 e. The Morgan fingerprint density at radius 2 is 1.79 bits per heavy atom. The maximum Gasteiger partial charge on any atom is 0.251 e. The van der Waals surface area contributed by atoms with Crippen LogP contribution in [0.5, 0.6) is 0 Å². The first-order chi connectivity index (χ1) is 13.5. The molecule has 0 aliphatic heterocycles. The minimum absolute atomic E-state index is 0.136. The summed E-state index contributed by atoms with van der Waals surface area (Å²) in [6.45, 7) is 4.08.